The highest BCUT2D eigenvalue weighted by Crippen LogP contribution is 2.30. The van der Waals surface area contributed by atoms with Crippen molar-refractivity contribution >= 4 is 50.7 Å². The summed E-state index contributed by atoms with van der Waals surface area (Å²) in [4.78, 5) is 27.7. The van der Waals surface area contributed by atoms with Gasteiger partial charge in [0.05, 0.1) is 17.0 Å². The summed E-state index contributed by atoms with van der Waals surface area (Å²) in [5.41, 5.74) is 1.98. The lowest BCUT2D eigenvalue weighted by Crippen LogP contribution is -2.52. The van der Waals surface area contributed by atoms with Gasteiger partial charge in [0.2, 0.25) is 21.8 Å². The molecule has 0 saturated carbocycles. The quantitative estimate of drug-likeness (QED) is 0.519. The molecule has 0 aliphatic rings. The zero-order chi connectivity index (χ0) is 24.8. The summed E-state index contributed by atoms with van der Waals surface area (Å²) in [6.07, 6.45) is 1.36. The number of anilines is 1. The fraction of sp³-hybridized carbons (Fsp3) is 0.391. The van der Waals surface area contributed by atoms with E-state index in [2.05, 4.69) is 5.32 Å². The first-order chi connectivity index (χ1) is 15.5. The van der Waals surface area contributed by atoms with Gasteiger partial charge >= 0.3 is 0 Å². The maximum Gasteiger partial charge on any atom is 0.244 e. The minimum absolute atomic E-state index is 0.0988. The molecule has 1 atom stereocenters. The number of aryl methyl sites for hydroxylation is 1. The molecule has 0 heterocycles. The topological polar surface area (TPSA) is 86.8 Å². The van der Waals surface area contributed by atoms with Gasteiger partial charge in [-0.25, -0.2) is 8.42 Å². The molecule has 0 aliphatic carbocycles. The van der Waals surface area contributed by atoms with E-state index < -0.39 is 28.5 Å². The number of hydrogen-bond acceptors (Lipinski definition) is 4. The van der Waals surface area contributed by atoms with Gasteiger partial charge < -0.3 is 10.2 Å². The molecular weight excluding hydrogens is 485 g/mol. The van der Waals surface area contributed by atoms with Crippen molar-refractivity contribution in [2.75, 3.05) is 23.7 Å². The Kier molecular flexibility index (Phi) is 9.57. The smallest absolute Gasteiger partial charge is 0.244 e. The summed E-state index contributed by atoms with van der Waals surface area (Å²) in [6, 6.07) is 11.2. The molecule has 7 nitrogen and oxygen atoms in total. The maximum atomic E-state index is 13.5. The van der Waals surface area contributed by atoms with E-state index in [-0.39, 0.29) is 23.2 Å². The van der Waals surface area contributed by atoms with Gasteiger partial charge in [0.1, 0.15) is 12.6 Å². The molecule has 0 radical (unpaired) electrons. The number of nitrogens with zero attached hydrogens (tertiary/aromatic N) is 2. The van der Waals surface area contributed by atoms with Crippen LogP contribution in [0.5, 0.6) is 0 Å². The van der Waals surface area contributed by atoms with Crippen LogP contribution in [0.15, 0.2) is 42.5 Å². The first-order valence-electron chi connectivity index (χ1n) is 10.5. The number of halogens is 2. The van der Waals surface area contributed by atoms with Crippen LogP contribution in [0.1, 0.15) is 31.4 Å². The first-order valence-corrected chi connectivity index (χ1v) is 13.1. The molecular formula is C23H29Cl2N3O4S. The zero-order valence-electron chi connectivity index (χ0n) is 19.1. The lowest BCUT2D eigenvalue weighted by Gasteiger charge is -2.33. The number of rotatable bonds is 10. The molecule has 2 amide bonds. The highest BCUT2D eigenvalue weighted by atomic mass is 35.5. The van der Waals surface area contributed by atoms with Crippen LogP contribution in [0.25, 0.3) is 0 Å². The van der Waals surface area contributed by atoms with Crippen molar-refractivity contribution in [3.8, 4) is 0 Å². The van der Waals surface area contributed by atoms with Crippen LogP contribution in [-0.2, 0) is 26.2 Å². The van der Waals surface area contributed by atoms with Gasteiger partial charge in [0.25, 0.3) is 0 Å². The molecule has 0 saturated heterocycles. The number of likely N-dealkylation sites (N-methyl/N-ethyl adjacent to an activating group) is 1. The van der Waals surface area contributed by atoms with E-state index in [1.54, 1.807) is 13.8 Å². The molecule has 33 heavy (non-hydrogen) atoms. The third-order valence-electron chi connectivity index (χ3n) is 5.03. The minimum Gasteiger partial charge on any atom is -0.355 e. The predicted octanol–water partition coefficient (Wildman–Crippen LogP) is 4.01. The average molecular weight is 514 g/mol. The molecule has 10 heteroatoms. The summed E-state index contributed by atoms with van der Waals surface area (Å²) in [5, 5.41) is 3.20. The number of benzene rings is 2. The van der Waals surface area contributed by atoms with Crippen LogP contribution in [0.4, 0.5) is 5.69 Å². The van der Waals surface area contributed by atoms with Crippen LogP contribution >= 0.6 is 23.2 Å². The Bertz CT molecular complexity index is 1110. The summed E-state index contributed by atoms with van der Waals surface area (Å²) in [6.45, 7) is 5.60. The summed E-state index contributed by atoms with van der Waals surface area (Å²) >= 11 is 12.2. The number of nitrogens with one attached hydrogen (secondary N) is 1. The monoisotopic (exact) mass is 513 g/mol. The standard InChI is InChI=1S/C23H29Cl2N3O4S/c1-5-20(23(30)26-6-2)27(14-17-9-7-8-16(3)12-17)22(29)15-28(33(4,31)32)21-11-10-18(24)13-19(21)25/h7-13,20H,5-6,14-15H2,1-4H3,(H,26,30)/t20-/m1/s1. The van der Waals surface area contributed by atoms with Crippen molar-refractivity contribution < 1.29 is 18.0 Å². The highest BCUT2D eigenvalue weighted by molar-refractivity contribution is 7.92. The third kappa shape index (κ3) is 7.35. The Morgan fingerprint density at radius 1 is 1.09 bits per heavy atom. The van der Waals surface area contributed by atoms with Gasteiger partial charge in [-0.2, -0.15) is 0 Å². The van der Waals surface area contributed by atoms with Gasteiger partial charge in [-0.1, -0.05) is 60.0 Å². The highest BCUT2D eigenvalue weighted by Gasteiger charge is 2.32. The molecule has 0 aromatic heterocycles. The molecule has 1 N–H and O–H groups in total. The van der Waals surface area contributed by atoms with Crippen LogP contribution in [-0.4, -0.2) is 50.5 Å². The Morgan fingerprint density at radius 3 is 2.33 bits per heavy atom. The molecule has 2 rings (SSSR count). The van der Waals surface area contributed by atoms with E-state index in [9.17, 15) is 18.0 Å². The fourth-order valence-electron chi connectivity index (χ4n) is 3.50. The van der Waals surface area contributed by atoms with Crippen molar-refractivity contribution in [2.24, 2.45) is 0 Å². The van der Waals surface area contributed by atoms with Gasteiger partial charge in [0, 0.05) is 18.1 Å². The number of carbonyl (C=O) groups is 2. The number of hydrogen-bond donors (Lipinski definition) is 1. The normalized spacial score (nSPS) is 12.2. The van der Waals surface area contributed by atoms with E-state index in [0.29, 0.717) is 18.0 Å². The Morgan fingerprint density at radius 2 is 1.79 bits per heavy atom. The van der Waals surface area contributed by atoms with Gasteiger partial charge in [-0.15, -0.1) is 0 Å². The number of amides is 2. The SMILES string of the molecule is CCNC(=O)[C@@H](CC)N(Cc1cccc(C)c1)C(=O)CN(c1ccc(Cl)cc1Cl)S(C)(=O)=O. The Hall–Kier alpha value is -2.29. The summed E-state index contributed by atoms with van der Waals surface area (Å²) < 4.78 is 26.1. The number of sulfonamides is 1. The van der Waals surface area contributed by atoms with E-state index in [4.69, 9.17) is 23.2 Å². The molecule has 0 fully saturated rings. The van der Waals surface area contributed by atoms with Crippen molar-refractivity contribution in [3.63, 3.8) is 0 Å². The first kappa shape index (κ1) is 27.0. The number of carbonyl (C=O) groups excluding carboxylic acids is 2. The lowest BCUT2D eigenvalue weighted by atomic mass is 10.1. The Labute approximate surface area is 205 Å². The van der Waals surface area contributed by atoms with Gasteiger partial charge in [-0.05, 0) is 44.0 Å². The molecule has 0 bridgehead atoms. The summed E-state index contributed by atoms with van der Waals surface area (Å²) in [7, 11) is -3.87. The second-order valence-corrected chi connectivity index (χ2v) is 10.4. The van der Waals surface area contributed by atoms with Crippen molar-refractivity contribution in [1.82, 2.24) is 10.2 Å². The second-order valence-electron chi connectivity index (χ2n) is 7.69. The van der Waals surface area contributed by atoms with Crippen LogP contribution in [0, 0.1) is 6.92 Å². The molecule has 2 aromatic carbocycles. The maximum absolute atomic E-state index is 13.5. The zero-order valence-corrected chi connectivity index (χ0v) is 21.5. The van der Waals surface area contributed by atoms with E-state index >= 15 is 0 Å². The minimum atomic E-state index is -3.87. The molecule has 0 unspecified atom stereocenters. The summed E-state index contributed by atoms with van der Waals surface area (Å²) in [5.74, 6) is -0.817. The van der Waals surface area contributed by atoms with Gasteiger partial charge in [0.15, 0.2) is 0 Å². The molecule has 0 aliphatic heterocycles. The average Bonchev–Trinajstić information content (AvgIpc) is 2.71. The van der Waals surface area contributed by atoms with E-state index in [1.165, 1.54) is 23.1 Å². The third-order valence-corrected chi connectivity index (χ3v) is 6.69. The van der Waals surface area contributed by atoms with Crippen molar-refractivity contribution in [3.05, 3.63) is 63.6 Å². The molecule has 0 spiro atoms. The molecule has 2 aromatic rings. The van der Waals surface area contributed by atoms with E-state index in [1.807, 2.05) is 31.2 Å². The van der Waals surface area contributed by atoms with E-state index in [0.717, 1.165) is 21.7 Å². The van der Waals surface area contributed by atoms with Crippen LogP contribution in [0.3, 0.4) is 0 Å². The largest absolute Gasteiger partial charge is 0.355 e. The van der Waals surface area contributed by atoms with Crippen molar-refractivity contribution in [2.45, 2.75) is 39.8 Å². The van der Waals surface area contributed by atoms with Crippen molar-refractivity contribution in [1.29, 1.82) is 0 Å². The van der Waals surface area contributed by atoms with Gasteiger partial charge in [-0.3, -0.25) is 13.9 Å². The van der Waals surface area contributed by atoms with Crippen LogP contribution in [0.2, 0.25) is 10.0 Å². The second kappa shape index (κ2) is 11.7. The lowest BCUT2D eigenvalue weighted by molar-refractivity contribution is -0.140. The molecule has 180 valence electrons. The van der Waals surface area contributed by atoms with Crippen LogP contribution < -0.4 is 9.62 Å². The predicted molar refractivity (Wildman–Crippen MR) is 133 cm³/mol. The fourth-order valence-corrected chi connectivity index (χ4v) is 4.92. The Balaban J connectivity index is 2.46.